The minimum Gasteiger partial charge on any atom is -0.425 e. The van der Waals surface area contributed by atoms with Gasteiger partial charge < -0.3 is 15.1 Å². The number of piperazine rings is 1. The van der Waals surface area contributed by atoms with Gasteiger partial charge in [-0.25, -0.2) is 0 Å². The predicted octanol–water partition coefficient (Wildman–Crippen LogP) is 1.35. The minimum atomic E-state index is -0.0133. The number of nitrogens with zero attached hydrogens (tertiary/aromatic N) is 3. The van der Waals surface area contributed by atoms with Gasteiger partial charge in [-0.05, 0) is 32.1 Å². The van der Waals surface area contributed by atoms with E-state index in [9.17, 15) is 4.79 Å². The SMILES string of the molecule is O=C1NC[C@@H](Cc2nnc(C3CC3)o2)N2C[C@@H](NC3CCCCC3)C[C@@H]12. The maximum Gasteiger partial charge on any atom is 0.237 e. The van der Waals surface area contributed by atoms with Crippen LogP contribution in [0.5, 0.6) is 0 Å². The summed E-state index contributed by atoms with van der Waals surface area (Å²) < 4.78 is 5.86. The molecule has 26 heavy (non-hydrogen) atoms. The lowest BCUT2D eigenvalue weighted by Gasteiger charge is -2.36. The maximum absolute atomic E-state index is 12.4. The van der Waals surface area contributed by atoms with Crippen LogP contribution in [-0.4, -0.2) is 58.3 Å². The van der Waals surface area contributed by atoms with Crippen molar-refractivity contribution in [2.24, 2.45) is 0 Å². The van der Waals surface area contributed by atoms with Gasteiger partial charge in [0.1, 0.15) is 0 Å². The zero-order valence-corrected chi connectivity index (χ0v) is 15.3. The van der Waals surface area contributed by atoms with Crippen LogP contribution in [0.25, 0.3) is 0 Å². The zero-order chi connectivity index (χ0) is 17.5. The van der Waals surface area contributed by atoms with E-state index in [1.165, 1.54) is 44.9 Å². The summed E-state index contributed by atoms with van der Waals surface area (Å²) in [5.41, 5.74) is 0. The van der Waals surface area contributed by atoms with Crippen molar-refractivity contribution in [1.29, 1.82) is 0 Å². The van der Waals surface area contributed by atoms with Gasteiger partial charge in [-0.15, -0.1) is 10.2 Å². The molecule has 1 amide bonds. The first-order valence-corrected chi connectivity index (χ1v) is 10.4. The van der Waals surface area contributed by atoms with Crippen LogP contribution < -0.4 is 10.6 Å². The lowest BCUT2D eigenvalue weighted by atomic mass is 9.94. The van der Waals surface area contributed by atoms with Crippen LogP contribution in [0.1, 0.15) is 69.1 Å². The molecule has 2 saturated carbocycles. The molecule has 4 fully saturated rings. The summed E-state index contributed by atoms with van der Waals surface area (Å²) in [5.74, 6) is 2.19. The molecule has 2 aliphatic heterocycles. The Balaban J connectivity index is 1.23. The van der Waals surface area contributed by atoms with E-state index in [1.54, 1.807) is 0 Å². The number of hydrogen-bond donors (Lipinski definition) is 2. The molecule has 5 rings (SSSR count). The van der Waals surface area contributed by atoms with Gasteiger partial charge in [0.25, 0.3) is 0 Å². The third kappa shape index (κ3) is 3.39. The molecule has 3 atom stereocenters. The normalized spacial score (nSPS) is 33.2. The summed E-state index contributed by atoms with van der Waals surface area (Å²) in [4.78, 5) is 14.8. The van der Waals surface area contributed by atoms with Gasteiger partial charge in [-0.3, -0.25) is 9.69 Å². The highest BCUT2D eigenvalue weighted by Gasteiger charge is 2.44. The molecule has 7 nitrogen and oxygen atoms in total. The number of carbonyl (C=O) groups excluding carboxylic acids is 1. The van der Waals surface area contributed by atoms with Crippen molar-refractivity contribution in [3.05, 3.63) is 11.8 Å². The molecule has 0 bridgehead atoms. The molecule has 2 aliphatic carbocycles. The fraction of sp³-hybridized carbons (Fsp3) is 0.842. The van der Waals surface area contributed by atoms with E-state index in [1.807, 2.05) is 0 Å². The van der Waals surface area contributed by atoms with E-state index in [0.717, 1.165) is 31.2 Å². The molecule has 1 aromatic heterocycles. The van der Waals surface area contributed by atoms with E-state index < -0.39 is 0 Å². The molecule has 0 radical (unpaired) electrons. The Morgan fingerprint density at radius 2 is 1.96 bits per heavy atom. The topological polar surface area (TPSA) is 83.3 Å². The minimum absolute atomic E-state index is 0.0133. The number of fused-ring (bicyclic) bond motifs is 1. The molecular weight excluding hydrogens is 330 g/mol. The molecule has 2 N–H and O–H groups in total. The van der Waals surface area contributed by atoms with Crippen LogP contribution in [0.3, 0.4) is 0 Å². The van der Waals surface area contributed by atoms with Crippen LogP contribution in [0.2, 0.25) is 0 Å². The van der Waals surface area contributed by atoms with E-state index in [2.05, 4.69) is 25.7 Å². The fourth-order valence-electron chi connectivity index (χ4n) is 4.93. The van der Waals surface area contributed by atoms with Crippen LogP contribution in [0.4, 0.5) is 0 Å². The first-order valence-electron chi connectivity index (χ1n) is 10.4. The van der Waals surface area contributed by atoms with Crippen LogP contribution in [0, 0.1) is 0 Å². The smallest absolute Gasteiger partial charge is 0.237 e. The first-order chi connectivity index (χ1) is 12.8. The Bertz CT molecular complexity index is 652. The largest absolute Gasteiger partial charge is 0.425 e. The average molecular weight is 359 g/mol. The summed E-state index contributed by atoms with van der Waals surface area (Å²) in [6.07, 6.45) is 10.6. The van der Waals surface area contributed by atoms with Gasteiger partial charge in [0.15, 0.2) is 0 Å². The summed E-state index contributed by atoms with van der Waals surface area (Å²) in [5, 5.41) is 15.4. The molecule has 1 aromatic rings. The molecule has 0 aromatic carbocycles. The standard InChI is InChI=1S/C19H29N5O2/c25-18-16-8-14(21-13-4-2-1-3-5-13)11-24(16)15(10-20-18)9-17-22-23-19(26-17)12-6-7-12/h12-16,21H,1-11H2,(H,20,25)/t14-,15+,16-/m0/s1. The second-order valence-electron chi connectivity index (χ2n) is 8.56. The van der Waals surface area contributed by atoms with Gasteiger partial charge >= 0.3 is 0 Å². The van der Waals surface area contributed by atoms with Crippen LogP contribution in [-0.2, 0) is 11.2 Å². The van der Waals surface area contributed by atoms with Gasteiger partial charge in [0.2, 0.25) is 17.7 Å². The number of aromatic nitrogens is 2. The van der Waals surface area contributed by atoms with Crippen molar-refractivity contribution in [1.82, 2.24) is 25.7 Å². The highest BCUT2D eigenvalue weighted by molar-refractivity contribution is 5.83. The summed E-state index contributed by atoms with van der Waals surface area (Å²) in [6, 6.07) is 1.29. The number of nitrogens with one attached hydrogen (secondary N) is 2. The Labute approximate surface area is 154 Å². The highest BCUT2D eigenvalue weighted by atomic mass is 16.4. The maximum atomic E-state index is 12.4. The zero-order valence-electron chi connectivity index (χ0n) is 15.3. The summed E-state index contributed by atoms with van der Waals surface area (Å²) >= 11 is 0. The van der Waals surface area contributed by atoms with Crippen molar-refractivity contribution in [3.8, 4) is 0 Å². The van der Waals surface area contributed by atoms with Crippen molar-refractivity contribution < 1.29 is 9.21 Å². The Hall–Kier alpha value is -1.47. The van der Waals surface area contributed by atoms with Crippen molar-refractivity contribution in [2.45, 2.75) is 87.9 Å². The fourth-order valence-corrected chi connectivity index (χ4v) is 4.93. The van der Waals surface area contributed by atoms with E-state index >= 15 is 0 Å². The quantitative estimate of drug-likeness (QED) is 0.826. The number of carbonyl (C=O) groups is 1. The number of rotatable bonds is 5. The number of amides is 1. The van der Waals surface area contributed by atoms with Crippen molar-refractivity contribution in [3.63, 3.8) is 0 Å². The van der Waals surface area contributed by atoms with Crippen molar-refractivity contribution in [2.75, 3.05) is 13.1 Å². The monoisotopic (exact) mass is 359 g/mol. The van der Waals surface area contributed by atoms with Gasteiger partial charge in [0, 0.05) is 43.6 Å². The Morgan fingerprint density at radius 1 is 1.12 bits per heavy atom. The first kappa shape index (κ1) is 16.7. The lowest BCUT2D eigenvalue weighted by molar-refractivity contribution is -0.129. The average Bonchev–Trinajstić information content (AvgIpc) is 3.24. The third-order valence-electron chi connectivity index (χ3n) is 6.52. The van der Waals surface area contributed by atoms with E-state index in [-0.39, 0.29) is 18.0 Å². The molecule has 0 spiro atoms. The molecule has 7 heteroatoms. The predicted molar refractivity (Wildman–Crippen MR) is 95.7 cm³/mol. The lowest BCUT2D eigenvalue weighted by Crippen LogP contribution is -2.58. The second-order valence-corrected chi connectivity index (χ2v) is 8.56. The molecular formula is C19H29N5O2. The van der Waals surface area contributed by atoms with Crippen LogP contribution >= 0.6 is 0 Å². The van der Waals surface area contributed by atoms with E-state index in [0.29, 0.717) is 24.5 Å². The van der Waals surface area contributed by atoms with Crippen LogP contribution in [0.15, 0.2) is 4.42 Å². The Kier molecular flexibility index (Phi) is 4.44. The summed E-state index contributed by atoms with van der Waals surface area (Å²) in [6.45, 7) is 1.62. The molecule has 0 unspecified atom stereocenters. The number of hydrogen-bond acceptors (Lipinski definition) is 6. The highest BCUT2D eigenvalue weighted by Crippen LogP contribution is 2.39. The van der Waals surface area contributed by atoms with Gasteiger partial charge in [0.05, 0.1) is 6.04 Å². The van der Waals surface area contributed by atoms with Gasteiger partial charge in [-0.1, -0.05) is 19.3 Å². The molecule has 2 saturated heterocycles. The van der Waals surface area contributed by atoms with E-state index in [4.69, 9.17) is 4.42 Å². The van der Waals surface area contributed by atoms with Crippen molar-refractivity contribution >= 4 is 5.91 Å². The summed E-state index contributed by atoms with van der Waals surface area (Å²) in [7, 11) is 0. The van der Waals surface area contributed by atoms with Gasteiger partial charge in [-0.2, -0.15) is 0 Å². The Morgan fingerprint density at radius 3 is 2.77 bits per heavy atom. The molecule has 142 valence electrons. The molecule has 3 heterocycles. The second kappa shape index (κ2) is 6.93. The molecule has 4 aliphatic rings. The third-order valence-corrected chi connectivity index (χ3v) is 6.52.